The first-order valence-corrected chi connectivity index (χ1v) is 5.32. The number of pyridine rings is 1. The molecule has 1 heterocycles. The van der Waals surface area contributed by atoms with E-state index in [0.717, 1.165) is 0 Å². The minimum absolute atomic E-state index is 0.241. The average Bonchev–Trinajstić information content (AvgIpc) is 2.40. The Kier molecular flexibility index (Phi) is 3.76. The Morgan fingerprint density at radius 1 is 1.17 bits per heavy atom. The summed E-state index contributed by atoms with van der Waals surface area (Å²) in [6, 6.07) is 12.1. The molecule has 1 aromatic heterocycles. The monoisotopic (exact) mass is 244 g/mol. The van der Waals surface area contributed by atoms with Crippen LogP contribution in [-0.2, 0) is 0 Å². The number of hydrogen-bond acceptors (Lipinski definition) is 4. The standard InChI is InChI=1S/C13H12N2O3/c1-17-11-7-3-2-6-10(11)15-13(16)18-12-8-4-5-9-14-12/h2-9H,1H3,(H,15,16). The predicted octanol–water partition coefficient (Wildman–Crippen LogP) is 2.70. The molecule has 0 fully saturated rings. The number of benzene rings is 1. The molecule has 0 radical (unpaired) electrons. The predicted molar refractivity (Wildman–Crippen MR) is 66.9 cm³/mol. The largest absolute Gasteiger partial charge is 0.495 e. The van der Waals surface area contributed by atoms with E-state index in [0.29, 0.717) is 11.4 Å². The maximum Gasteiger partial charge on any atom is 0.418 e. The first-order valence-electron chi connectivity index (χ1n) is 5.32. The fraction of sp³-hybridized carbons (Fsp3) is 0.0769. The van der Waals surface area contributed by atoms with Crippen LogP contribution < -0.4 is 14.8 Å². The minimum Gasteiger partial charge on any atom is -0.495 e. The van der Waals surface area contributed by atoms with E-state index in [9.17, 15) is 4.79 Å². The van der Waals surface area contributed by atoms with Crippen molar-refractivity contribution in [1.82, 2.24) is 4.98 Å². The van der Waals surface area contributed by atoms with Crippen LogP contribution in [0.25, 0.3) is 0 Å². The second-order valence-electron chi connectivity index (χ2n) is 3.38. The van der Waals surface area contributed by atoms with Gasteiger partial charge in [0, 0.05) is 12.3 Å². The summed E-state index contributed by atoms with van der Waals surface area (Å²) in [5.74, 6) is 0.806. The lowest BCUT2D eigenvalue weighted by atomic mass is 10.3. The smallest absolute Gasteiger partial charge is 0.418 e. The highest BCUT2D eigenvalue weighted by Crippen LogP contribution is 2.23. The van der Waals surface area contributed by atoms with Gasteiger partial charge in [-0.15, -0.1) is 0 Å². The van der Waals surface area contributed by atoms with Gasteiger partial charge in [0.1, 0.15) is 5.75 Å². The van der Waals surface area contributed by atoms with Crippen molar-refractivity contribution >= 4 is 11.8 Å². The van der Waals surface area contributed by atoms with Crippen molar-refractivity contribution in [1.29, 1.82) is 0 Å². The van der Waals surface area contributed by atoms with Crippen LogP contribution >= 0.6 is 0 Å². The molecule has 0 unspecified atom stereocenters. The van der Waals surface area contributed by atoms with Crippen LogP contribution in [0.5, 0.6) is 11.6 Å². The zero-order chi connectivity index (χ0) is 12.8. The van der Waals surface area contributed by atoms with Crippen molar-refractivity contribution in [2.75, 3.05) is 12.4 Å². The van der Waals surface area contributed by atoms with Gasteiger partial charge in [0.15, 0.2) is 0 Å². The fourth-order valence-corrected chi connectivity index (χ4v) is 1.39. The number of ether oxygens (including phenoxy) is 2. The number of aromatic nitrogens is 1. The topological polar surface area (TPSA) is 60.5 Å². The SMILES string of the molecule is COc1ccccc1NC(=O)Oc1ccccn1. The fourth-order valence-electron chi connectivity index (χ4n) is 1.39. The summed E-state index contributed by atoms with van der Waals surface area (Å²) in [6.45, 7) is 0. The molecule has 18 heavy (non-hydrogen) atoms. The molecule has 0 aliphatic rings. The van der Waals surface area contributed by atoms with E-state index in [4.69, 9.17) is 9.47 Å². The van der Waals surface area contributed by atoms with Gasteiger partial charge in [-0.2, -0.15) is 0 Å². The second-order valence-corrected chi connectivity index (χ2v) is 3.38. The molecular weight excluding hydrogens is 232 g/mol. The molecule has 0 saturated carbocycles. The van der Waals surface area contributed by atoms with E-state index in [-0.39, 0.29) is 5.88 Å². The van der Waals surface area contributed by atoms with E-state index in [2.05, 4.69) is 10.3 Å². The van der Waals surface area contributed by atoms with Gasteiger partial charge in [0.2, 0.25) is 5.88 Å². The molecule has 0 aliphatic heterocycles. The van der Waals surface area contributed by atoms with Crippen molar-refractivity contribution in [2.24, 2.45) is 0 Å². The Bertz CT molecular complexity index is 529. The Balaban J connectivity index is 2.03. The molecule has 0 spiro atoms. The third-order valence-corrected chi connectivity index (χ3v) is 2.18. The highest BCUT2D eigenvalue weighted by atomic mass is 16.6. The van der Waals surface area contributed by atoms with Crippen molar-refractivity contribution < 1.29 is 14.3 Å². The van der Waals surface area contributed by atoms with Crippen LogP contribution in [0.2, 0.25) is 0 Å². The molecule has 0 atom stereocenters. The Morgan fingerprint density at radius 2 is 1.94 bits per heavy atom. The molecule has 0 aliphatic carbocycles. The quantitative estimate of drug-likeness (QED) is 0.901. The van der Waals surface area contributed by atoms with Gasteiger partial charge in [0.05, 0.1) is 12.8 Å². The van der Waals surface area contributed by atoms with Crippen LogP contribution in [0.1, 0.15) is 0 Å². The highest BCUT2D eigenvalue weighted by Gasteiger charge is 2.08. The number of nitrogens with one attached hydrogen (secondary N) is 1. The van der Waals surface area contributed by atoms with Crippen molar-refractivity contribution in [2.45, 2.75) is 0 Å². The summed E-state index contributed by atoms with van der Waals surface area (Å²) in [5.41, 5.74) is 0.543. The number of para-hydroxylation sites is 2. The molecule has 5 nitrogen and oxygen atoms in total. The lowest BCUT2D eigenvalue weighted by Crippen LogP contribution is -2.17. The summed E-state index contributed by atoms with van der Waals surface area (Å²) >= 11 is 0. The molecule has 1 aromatic carbocycles. The van der Waals surface area contributed by atoms with Crippen LogP contribution in [0.15, 0.2) is 48.7 Å². The van der Waals surface area contributed by atoms with Gasteiger partial charge >= 0.3 is 6.09 Å². The van der Waals surface area contributed by atoms with E-state index in [1.807, 2.05) is 6.07 Å². The number of nitrogens with zero attached hydrogens (tertiary/aromatic N) is 1. The van der Waals surface area contributed by atoms with Gasteiger partial charge in [-0.05, 0) is 18.2 Å². The van der Waals surface area contributed by atoms with E-state index < -0.39 is 6.09 Å². The average molecular weight is 244 g/mol. The summed E-state index contributed by atoms with van der Waals surface area (Å²) in [4.78, 5) is 15.5. The van der Waals surface area contributed by atoms with E-state index in [1.165, 1.54) is 7.11 Å². The molecule has 2 rings (SSSR count). The van der Waals surface area contributed by atoms with Gasteiger partial charge in [-0.25, -0.2) is 9.78 Å². The van der Waals surface area contributed by atoms with Gasteiger partial charge in [-0.1, -0.05) is 18.2 Å². The maximum absolute atomic E-state index is 11.6. The second kappa shape index (κ2) is 5.67. The summed E-state index contributed by atoms with van der Waals surface area (Å²) < 4.78 is 10.1. The lowest BCUT2D eigenvalue weighted by molar-refractivity contribution is 0.213. The zero-order valence-electron chi connectivity index (χ0n) is 9.79. The number of carbonyl (C=O) groups is 1. The molecule has 0 saturated heterocycles. The molecule has 92 valence electrons. The first-order chi connectivity index (χ1) is 8.79. The summed E-state index contributed by atoms with van der Waals surface area (Å²) in [7, 11) is 1.53. The minimum atomic E-state index is -0.613. The summed E-state index contributed by atoms with van der Waals surface area (Å²) in [5, 5.41) is 2.58. The van der Waals surface area contributed by atoms with Gasteiger partial charge in [0.25, 0.3) is 0 Å². The third-order valence-electron chi connectivity index (χ3n) is 2.18. The van der Waals surface area contributed by atoms with Crippen LogP contribution in [0.3, 0.4) is 0 Å². The first kappa shape index (κ1) is 11.9. The number of carbonyl (C=O) groups excluding carboxylic acids is 1. The highest BCUT2D eigenvalue weighted by molar-refractivity contribution is 5.87. The zero-order valence-corrected chi connectivity index (χ0v) is 9.79. The van der Waals surface area contributed by atoms with Crippen LogP contribution in [0, 0.1) is 0 Å². The van der Waals surface area contributed by atoms with E-state index in [1.54, 1.807) is 42.6 Å². The maximum atomic E-state index is 11.6. The number of hydrogen-bond donors (Lipinski definition) is 1. The lowest BCUT2D eigenvalue weighted by Gasteiger charge is -2.09. The van der Waals surface area contributed by atoms with Gasteiger partial charge < -0.3 is 9.47 Å². The molecular formula is C13H12N2O3. The Morgan fingerprint density at radius 3 is 2.67 bits per heavy atom. The molecule has 2 aromatic rings. The molecule has 1 amide bonds. The molecule has 1 N–H and O–H groups in total. The van der Waals surface area contributed by atoms with Gasteiger partial charge in [-0.3, -0.25) is 5.32 Å². The Labute approximate surface area is 104 Å². The van der Waals surface area contributed by atoms with Crippen LogP contribution in [-0.4, -0.2) is 18.2 Å². The van der Waals surface area contributed by atoms with Crippen molar-refractivity contribution in [3.63, 3.8) is 0 Å². The third kappa shape index (κ3) is 2.98. The Hall–Kier alpha value is -2.56. The van der Waals surface area contributed by atoms with Crippen molar-refractivity contribution in [3.8, 4) is 11.6 Å². The van der Waals surface area contributed by atoms with Crippen molar-refractivity contribution in [3.05, 3.63) is 48.7 Å². The molecule has 5 heteroatoms. The number of methoxy groups -OCH3 is 1. The van der Waals surface area contributed by atoms with E-state index >= 15 is 0 Å². The van der Waals surface area contributed by atoms with Crippen LogP contribution in [0.4, 0.5) is 10.5 Å². The number of amides is 1. The summed E-state index contributed by atoms with van der Waals surface area (Å²) in [6.07, 6.45) is 0.935. The normalized spacial score (nSPS) is 9.61. The molecule has 0 bridgehead atoms. The number of anilines is 1. The number of rotatable bonds is 3.